The number of hydrogen-bond donors (Lipinski definition) is 0. The Hall–Kier alpha value is -2.14. The van der Waals surface area contributed by atoms with Crippen molar-refractivity contribution < 1.29 is 41.8 Å². The van der Waals surface area contributed by atoms with E-state index in [2.05, 4.69) is 193 Å². The molecule has 0 aliphatic carbocycles. The lowest BCUT2D eigenvalue weighted by molar-refractivity contribution is -0.177. The molecule has 2 rings (SSSR count). The summed E-state index contributed by atoms with van der Waals surface area (Å²) in [6.45, 7) is 56.7. The predicted octanol–water partition coefficient (Wildman–Crippen LogP) is 16.1. The first-order valence-electron chi connectivity index (χ1n) is 27.2. The van der Waals surface area contributed by atoms with Crippen LogP contribution in [0.1, 0.15) is 136 Å². The molecule has 72 heavy (non-hydrogen) atoms. The van der Waals surface area contributed by atoms with E-state index in [9.17, 15) is 4.79 Å². The number of esters is 1. The minimum absolute atomic E-state index is 0.00149. The third-order valence-corrected chi connectivity index (χ3v) is 30.4. The van der Waals surface area contributed by atoms with Crippen LogP contribution in [0.3, 0.4) is 0 Å². The largest absolute Gasteiger partial charge is 0.497 e. The molecule has 0 bridgehead atoms. The highest BCUT2D eigenvalue weighted by molar-refractivity contribution is 6.75. The van der Waals surface area contributed by atoms with E-state index in [1.165, 1.54) is 5.57 Å². The minimum Gasteiger partial charge on any atom is -0.497 e. The Labute approximate surface area is 445 Å². The summed E-state index contributed by atoms with van der Waals surface area (Å²) >= 11 is 0. The summed E-state index contributed by atoms with van der Waals surface area (Å²) in [5, 5.41) is 0.0287. The van der Waals surface area contributed by atoms with Crippen LogP contribution in [-0.2, 0) is 43.6 Å². The summed E-state index contributed by atoms with van der Waals surface area (Å²) < 4.78 is 52.4. The summed E-state index contributed by atoms with van der Waals surface area (Å²) in [6, 6.07) is 8.13. The molecule has 1 heterocycles. The van der Waals surface area contributed by atoms with Crippen molar-refractivity contribution >= 4 is 30.9 Å². The second-order valence-electron chi connectivity index (χ2n) is 26.3. The van der Waals surface area contributed by atoms with Gasteiger partial charge >= 0.3 is 5.97 Å². The van der Waals surface area contributed by atoms with Gasteiger partial charge in [-0.05, 0) is 98.3 Å². The van der Waals surface area contributed by atoms with Crippen LogP contribution in [0.2, 0.25) is 54.4 Å². The molecule has 1 saturated heterocycles. The Balaban J connectivity index is 2.55. The molecule has 0 saturated carbocycles. The predicted molar refractivity (Wildman–Crippen MR) is 310 cm³/mol. The molecule has 1 aliphatic heterocycles. The maximum atomic E-state index is 13.6. The van der Waals surface area contributed by atoms with E-state index in [-0.39, 0.29) is 106 Å². The second kappa shape index (κ2) is 27.8. The van der Waals surface area contributed by atoms with E-state index >= 15 is 0 Å². The normalized spacial score (nSPS) is 23.0. The maximum absolute atomic E-state index is 13.6. The molecular formula is C60H108O9Si3. The minimum atomic E-state index is -2.26. The quantitative estimate of drug-likeness (QED) is 0.0268. The third kappa shape index (κ3) is 19.2. The zero-order chi connectivity index (χ0) is 55.4. The zero-order valence-corrected chi connectivity index (χ0v) is 53.5. The first-order valence-corrected chi connectivity index (χ1v) is 35.9. The SMILES string of the molecule is C=CC=C[C@H](C)[C@H](OCc1ccc(OC)cc1)[C@@H](C)[C@H](O[Si](C)(C)C(C)(C)C)[C@@H](C)CC(C)=C[C@H](C)[C@@H](OCOC)[C@@H](C)C=C[C@H](CC1OC(=O)[C@H](C)[C@@H](O[Si](C)(C)C(C)(C)C)[C@H]1C)O[Si](C)(C)C(C)(C)C. The Morgan fingerprint density at radius 2 is 1.26 bits per heavy atom. The van der Waals surface area contributed by atoms with E-state index in [1.54, 1.807) is 14.2 Å². The number of ether oxygens (including phenoxy) is 5. The van der Waals surface area contributed by atoms with E-state index in [0.717, 1.165) is 17.7 Å². The van der Waals surface area contributed by atoms with Crippen LogP contribution in [-0.4, -0.2) is 88.6 Å². The van der Waals surface area contributed by atoms with Crippen molar-refractivity contribution in [2.45, 2.75) is 228 Å². The molecule has 1 aromatic carbocycles. The fourth-order valence-corrected chi connectivity index (χ4v) is 13.4. The number of cyclic esters (lactones) is 1. The number of carbonyl (C=O) groups excluding carboxylic acids is 1. The monoisotopic (exact) mass is 1060 g/mol. The molecular weight excluding hydrogens is 949 g/mol. The van der Waals surface area contributed by atoms with Crippen molar-refractivity contribution in [1.29, 1.82) is 0 Å². The molecule has 1 fully saturated rings. The van der Waals surface area contributed by atoms with Crippen molar-refractivity contribution in [3.8, 4) is 5.75 Å². The Bertz CT molecular complexity index is 1890. The van der Waals surface area contributed by atoms with E-state index in [4.69, 9.17) is 37.0 Å². The highest BCUT2D eigenvalue weighted by atomic mass is 28.4. The van der Waals surface area contributed by atoms with Crippen molar-refractivity contribution in [1.82, 2.24) is 0 Å². The van der Waals surface area contributed by atoms with Crippen LogP contribution in [0.4, 0.5) is 0 Å². The number of methoxy groups -OCH3 is 2. The Morgan fingerprint density at radius 1 is 0.722 bits per heavy atom. The second-order valence-corrected chi connectivity index (χ2v) is 40.5. The maximum Gasteiger partial charge on any atom is 0.311 e. The Kier molecular flexibility index (Phi) is 25.4. The average molecular weight is 1060 g/mol. The van der Waals surface area contributed by atoms with Gasteiger partial charge in [-0.1, -0.05) is 165 Å². The number of hydrogen-bond acceptors (Lipinski definition) is 9. The number of rotatable bonds is 28. The van der Waals surface area contributed by atoms with E-state index in [1.807, 2.05) is 31.2 Å². The Morgan fingerprint density at radius 3 is 1.78 bits per heavy atom. The van der Waals surface area contributed by atoms with Crippen LogP contribution in [0.5, 0.6) is 5.75 Å². The lowest BCUT2D eigenvalue weighted by Crippen LogP contribution is -2.55. The summed E-state index contributed by atoms with van der Waals surface area (Å²) in [5.74, 6) is 0.749. The molecule has 0 spiro atoms. The van der Waals surface area contributed by atoms with Crippen molar-refractivity contribution in [3.63, 3.8) is 0 Å². The lowest BCUT2D eigenvalue weighted by atomic mass is 9.81. The van der Waals surface area contributed by atoms with Gasteiger partial charge in [-0.15, -0.1) is 0 Å². The number of benzene rings is 1. The highest BCUT2D eigenvalue weighted by Gasteiger charge is 2.49. The molecule has 0 N–H and O–H groups in total. The number of carbonyl (C=O) groups is 1. The summed E-state index contributed by atoms with van der Waals surface area (Å²) in [4.78, 5) is 13.6. The van der Waals surface area contributed by atoms with Crippen molar-refractivity contribution in [3.05, 3.63) is 78.4 Å². The lowest BCUT2D eigenvalue weighted by Gasteiger charge is -2.47. The van der Waals surface area contributed by atoms with E-state index < -0.39 is 25.0 Å². The van der Waals surface area contributed by atoms with Gasteiger partial charge in [0.2, 0.25) is 0 Å². The van der Waals surface area contributed by atoms with Gasteiger partial charge in [0.05, 0.1) is 50.2 Å². The van der Waals surface area contributed by atoms with Crippen LogP contribution in [0, 0.1) is 41.4 Å². The van der Waals surface area contributed by atoms with Crippen molar-refractivity contribution in [2.24, 2.45) is 41.4 Å². The molecule has 12 heteroatoms. The fourth-order valence-electron chi connectivity index (χ4n) is 9.18. The van der Waals surface area contributed by atoms with Crippen LogP contribution in [0.25, 0.3) is 0 Å². The average Bonchev–Trinajstić information content (AvgIpc) is 3.26. The topological polar surface area (TPSA) is 90.9 Å². The highest BCUT2D eigenvalue weighted by Crippen LogP contribution is 2.44. The molecule has 1 aromatic rings. The van der Waals surface area contributed by atoms with Gasteiger partial charge in [0.15, 0.2) is 25.0 Å². The van der Waals surface area contributed by atoms with Gasteiger partial charge in [-0.2, -0.15) is 0 Å². The summed E-state index contributed by atoms with van der Waals surface area (Å²) in [5.41, 5.74) is 2.39. The van der Waals surface area contributed by atoms with Crippen molar-refractivity contribution in [2.75, 3.05) is 21.0 Å². The van der Waals surface area contributed by atoms with Gasteiger partial charge in [-0.25, -0.2) is 0 Å². The third-order valence-electron chi connectivity index (χ3n) is 16.9. The molecule has 0 aromatic heterocycles. The van der Waals surface area contributed by atoms with E-state index in [0.29, 0.717) is 13.0 Å². The van der Waals surface area contributed by atoms with Crippen LogP contribution < -0.4 is 4.74 Å². The molecule has 1 aliphatic rings. The smallest absolute Gasteiger partial charge is 0.311 e. The molecule has 0 amide bonds. The fraction of sp³-hybridized carbons (Fsp3) is 0.750. The van der Waals surface area contributed by atoms with Gasteiger partial charge in [0.1, 0.15) is 18.6 Å². The molecule has 1 unspecified atom stereocenters. The van der Waals surface area contributed by atoms with Gasteiger partial charge in [0, 0.05) is 43.1 Å². The van der Waals surface area contributed by atoms with Gasteiger partial charge in [0.25, 0.3) is 0 Å². The molecule has 9 nitrogen and oxygen atoms in total. The summed E-state index contributed by atoms with van der Waals surface area (Å²) in [6.07, 6.45) is 13.1. The molecule has 0 radical (unpaired) electrons. The first-order chi connectivity index (χ1) is 32.9. The summed E-state index contributed by atoms with van der Waals surface area (Å²) in [7, 11) is -3.28. The van der Waals surface area contributed by atoms with Crippen LogP contribution in [0.15, 0.2) is 72.9 Å². The zero-order valence-electron chi connectivity index (χ0n) is 50.5. The molecule has 414 valence electrons. The number of allylic oxidation sites excluding steroid dienone is 3. The van der Waals surface area contributed by atoms with Crippen LogP contribution >= 0.6 is 0 Å². The van der Waals surface area contributed by atoms with Gasteiger partial charge in [-0.3, -0.25) is 4.79 Å². The van der Waals surface area contributed by atoms with Gasteiger partial charge < -0.3 is 37.0 Å². The first kappa shape index (κ1) is 66.0. The molecule has 13 atom stereocenters. The standard InChI is InChI=1S/C60H108O9Si3/c1-27-28-29-42(3)54(64-39-49-31-34-50(63-20)35-32-49)47(8)55(68-71(23,24)59(13,14)15)45(6)37-41(2)36-44(5)53(65-40-62-19)43(4)30-33-51(67-70(21,22)58(10,11)12)38-52-46(7)56(48(9)57(61)66-52)69-72(25,26)60(16,17)18/h27-36,42-48,51-56H,1,37-40H2,2-26H3/t42-,43-,44-,45-,46-,47+,48+,51+,52?,53-,54-,55+,56-/m0/s1.